The average molecular weight is 228 g/mol. The fourth-order valence-corrected chi connectivity index (χ4v) is 1.66. The van der Waals surface area contributed by atoms with Crippen LogP contribution in [-0.4, -0.2) is 16.9 Å². The van der Waals surface area contributed by atoms with Gasteiger partial charge in [-0.15, -0.1) is 0 Å². The van der Waals surface area contributed by atoms with E-state index in [-0.39, 0.29) is 11.7 Å². The van der Waals surface area contributed by atoms with Crippen LogP contribution in [0.4, 0.5) is 0 Å². The molecule has 0 radical (unpaired) electrons. The lowest BCUT2D eigenvalue weighted by atomic mass is 10.0. The van der Waals surface area contributed by atoms with Crippen molar-refractivity contribution in [2.24, 2.45) is 5.92 Å². The molecule has 3 heteroatoms. The quantitative estimate of drug-likeness (QED) is 0.583. The third-order valence-electron chi connectivity index (χ3n) is 2.84. The summed E-state index contributed by atoms with van der Waals surface area (Å²) in [5, 5.41) is 8.67. The van der Waals surface area contributed by atoms with Crippen LogP contribution in [0.25, 0.3) is 0 Å². The maximum atomic E-state index is 10.7. The van der Waals surface area contributed by atoms with Gasteiger partial charge in [0.2, 0.25) is 0 Å². The topological polar surface area (TPSA) is 54.4 Å². The second kappa shape index (κ2) is 9.37. The summed E-state index contributed by atoms with van der Waals surface area (Å²) in [6, 6.07) is 0. The van der Waals surface area contributed by atoms with E-state index in [2.05, 4.69) is 0 Å². The van der Waals surface area contributed by atoms with Crippen LogP contribution in [0.15, 0.2) is 0 Å². The molecular formula is C13H24O3. The molecule has 0 fully saturated rings. The predicted molar refractivity (Wildman–Crippen MR) is 64.4 cm³/mol. The van der Waals surface area contributed by atoms with Crippen molar-refractivity contribution in [1.82, 2.24) is 0 Å². The molecular weight excluding hydrogens is 204 g/mol. The first kappa shape index (κ1) is 15.1. The van der Waals surface area contributed by atoms with E-state index < -0.39 is 5.97 Å². The summed E-state index contributed by atoms with van der Waals surface area (Å²) in [4.78, 5) is 21.2. The van der Waals surface area contributed by atoms with Gasteiger partial charge in [0.1, 0.15) is 5.78 Å². The van der Waals surface area contributed by atoms with Crippen LogP contribution in [0, 0.1) is 5.92 Å². The Kier molecular flexibility index (Phi) is 8.87. The van der Waals surface area contributed by atoms with Gasteiger partial charge in [-0.2, -0.15) is 0 Å². The number of unbranched alkanes of at least 4 members (excludes halogenated alkanes) is 5. The van der Waals surface area contributed by atoms with Crippen LogP contribution < -0.4 is 0 Å². The summed E-state index contributed by atoms with van der Waals surface area (Å²) in [7, 11) is 0. The first-order chi connectivity index (χ1) is 7.54. The Morgan fingerprint density at radius 1 is 1.00 bits per heavy atom. The summed E-state index contributed by atoms with van der Waals surface area (Å²) in [6.45, 7) is 3.39. The van der Waals surface area contributed by atoms with Gasteiger partial charge in [-0.3, -0.25) is 4.79 Å². The molecule has 0 rings (SSSR count). The van der Waals surface area contributed by atoms with E-state index in [4.69, 9.17) is 5.11 Å². The highest BCUT2D eigenvalue weighted by atomic mass is 16.4. The Hall–Kier alpha value is -0.860. The van der Waals surface area contributed by atoms with E-state index in [0.29, 0.717) is 6.42 Å². The zero-order chi connectivity index (χ0) is 12.4. The van der Waals surface area contributed by atoms with Crippen molar-refractivity contribution in [3.05, 3.63) is 0 Å². The molecule has 0 aliphatic carbocycles. The number of carboxylic acids is 1. The Morgan fingerprint density at radius 3 is 2.00 bits per heavy atom. The molecule has 0 amide bonds. The Labute approximate surface area is 98.2 Å². The lowest BCUT2D eigenvalue weighted by Gasteiger charge is -2.05. The van der Waals surface area contributed by atoms with Crippen LogP contribution in [0.3, 0.4) is 0 Å². The van der Waals surface area contributed by atoms with Crippen molar-refractivity contribution >= 4 is 11.8 Å². The molecule has 3 nitrogen and oxygen atoms in total. The predicted octanol–water partition coefficient (Wildman–Crippen LogP) is 3.42. The molecule has 0 bridgehead atoms. The van der Waals surface area contributed by atoms with Gasteiger partial charge in [0.05, 0.1) is 5.92 Å². The van der Waals surface area contributed by atoms with Gasteiger partial charge in [-0.05, 0) is 19.8 Å². The minimum absolute atomic E-state index is 0.210. The highest BCUT2D eigenvalue weighted by Crippen LogP contribution is 2.12. The molecule has 0 aromatic carbocycles. The van der Waals surface area contributed by atoms with Crippen LogP contribution in [0.1, 0.15) is 65.2 Å². The SMILES string of the molecule is CC(=O)CCCCCCCCC(C)C(=O)O. The molecule has 0 aromatic rings. The number of carboxylic acid groups (broad SMARTS) is 1. The molecule has 1 atom stereocenters. The molecule has 0 aromatic heterocycles. The normalized spacial score (nSPS) is 12.4. The lowest BCUT2D eigenvalue weighted by molar-refractivity contribution is -0.141. The Balaban J connectivity index is 3.15. The number of carbonyl (C=O) groups excluding carboxylic acids is 1. The molecule has 0 heterocycles. The van der Waals surface area contributed by atoms with Crippen molar-refractivity contribution in [3.8, 4) is 0 Å². The number of rotatable bonds is 10. The van der Waals surface area contributed by atoms with E-state index in [1.807, 2.05) is 0 Å². The summed E-state index contributed by atoms with van der Waals surface area (Å²) in [5.41, 5.74) is 0. The first-order valence-electron chi connectivity index (χ1n) is 6.26. The summed E-state index contributed by atoms with van der Waals surface area (Å²) < 4.78 is 0. The number of Topliss-reactive ketones (excluding diaryl/α,β-unsaturated/α-hetero) is 1. The second-order valence-corrected chi connectivity index (χ2v) is 4.60. The smallest absolute Gasteiger partial charge is 0.306 e. The monoisotopic (exact) mass is 228 g/mol. The van der Waals surface area contributed by atoms with Gasteiger partial charge in [-0.25, -0.2) is 0 Å². The third kappa shape index (κ3) is 9.69. The van der Waals surface area contributed by atoms with Crippen LogP contribution in [0.2, 0.25) is 0 Å². The Bertz CT molecular complexity index is 211. The van der Waals surface area contributed by atoms with Gasteiger partial charge >= 0.3 is 5.97 Å². The standard InChI is InChI=1S/C13H24O3/c1-11(13(15)16)9-7-5-3-4-6-8-10-12(2)14/h11H,3-10H2,1-2H3,(H,15,16). The van der Waals surface area contributed by atoms with Gasteiger partial charge in [0.15, 0.2) is 0 Å². The number of hydrogen-bond acceptors (Lipinski definition) is 2. The molecule has 0 saturated carbocycles. The summed E-state index contributed by atoms with van der Waals surface area (Å²) >= 11 is 0. The molecule has 94 valence electrons. The van der Waals surface area contributed by atoms with Gasteiger partial charge in [-0.1, -0.05) is 39.0 Å². The van der Waals surface area contributed by atoms with Gasteiger partial charge in [0, 0.05) is 6.42 Å². The van der Waals surface area contributed by atoms with E-state index in [0.717, 1.165) is 44.9 Å². The largest absolute Gasteiger partial charge is 0.481 e. The van der Waals surface area contributed by atoms with Crippen molar-refractivity contribution in [3.63, 3.8) is 0 Å². The summed E-state index contributed by atoms with van der Waals surface area (Å²) in [5.74, 6) is -0.630. The maximum absolute atomic E-state index is 10.7. The molecule has 0 spiro atoms. The molecule has 16 heavy (non-hydrogen) atoms. The van der Waals surface area contributed by atoms with E-state index in [1.165, 1.54) is 0 Å². The van der Waals surface area contributed by atoms with Crippen molar-refractivity contribution in [2.75, 3.05) is 0 Å². The molecule has 0 aliphatic rings. The van der Waals surface area contributed by atoms with E-state index in [1.54, 1.807) is 13.8 Å². The van der Waals surface area contributed by atoms with Crippen LogP contribution in [-0.2, 0) is 9.59 Å². The zero-order valence-electron chi connectivity index (χ0n) is 10.5. The highest BCUT2D eigenvalue weighted by molar-refractivity contribution is 5.75. The van der Waals surface area contributed by atoms with Crippen molar-refractivity contribution in [2.45, 2.75) is 65.2 Å². The molecule has 1 N–H and O–H groups in total. The van der Waals surface area contributed by atoms with Crippen molar-refractivity contribution < 1.29 is 14.7 Å². The van der Waals surface area contributed by atoms with Crippen LogP contribution >= 0.6 is 0 Å². The first-order valence-corrected chi connectivity index (χ1v) is 6.26. The second-order valence-electron chi connectivity index (χ2n) is 4.60. The molecule has 0 aliphatic heterocycles. The highest BCUT2D eigenvalue weighted by Gasteiger charge is 2.09. The number of ketones is 1. The average Bonchev–Trinajstić information content (AvgIpc) is 2.21. The van der Waals surface area contributed by atoms with E-state index >= 15 is 0 Å². The maximum Gasteiger partial charge on any atom is 0.306 e. The van der Waals surface area contributed by atoms with Gasteiger partial charge < -0.3 is 9.90 Å². The van der Waals surface area contributed by atoms with E-state index in [9.17, 15) is 9.59 Å². The number of carbonyl (C=O) groups is 2. The minimum Gasteiger partial charge on any atom is -0.481 e. The third-order valence-corrected chi connectivity index (χ3v) is 2.84. The van der Waals surface area contributed by atoms with Crippen molar-refractivity contribution in [1.29, 1.82) is 0 Å². The molecule has 1 unspecified atom stereocenters. The number of hydrogen-bond donors (Lipinski definition) is 1. The summed E-state index contributed by atoms with van der Waals surface area (Å²) in [6.07, 6.45) is 8.03. The zero-order valence-corrected chi connectivity index (χ0v) is 10.5. The fourth-order valence-electron chi connectivity index (χ4n) is 1.66. The Morgan fingerprint density at radius 2 is 1.50 bits per heavy atom. The van der Waals surface area contributed by atoms with Crippen LogP contribution in [0.5, 0.6) is 0 Å². The fraction of sp³-hybridized carbons (Fsp3) is 0.846. The minimum atomic E-state index is -0.693. The lowest BCUT2D eigenvalue weighted by Crippen LogP contribution is -2.08. The number of aliphatic carboxylic acids is 1. The molecule has 0 saturated heterocycles. The van der Waals surface area contributed by atoms with Gasteiger partial charge in [0.25, 0.3) is 0 Å².